The minimum Gasteiger partial charge on any atom is -0.465 e. The molecule has 0 saturated heterocycles. The van der Waals surface area contributed by atoms with Gasteiger partial charge in [0, 0.05) is 28.7 Å². The average molecular weight is 496 g/mol. The van der Waals surface area contributed by atoms with E-state index < -0.39 is 5.97 Å². The molecule has 1 aromatic carbocycles. The first-order valence-corrected chi connectivity index (χ1v) is 11.7. The zero-order valence-corrected chi connectivity index (χ0v) is 20.6. The molecule has 0 saturated carbocycles. The highest BCUT2D eigenvalue weighted by molar-refractivity contribution is 7.99. The normalized spacial score (nSPS) is 11.0. The topological polar surface area (TPSA) is 103 Å². The highest BCUT2D eigenvalue weighted by atomic mass is 35.5. The van der Waals surface area contributed by atoms with Crippen LogP contribution >= 0.6 is 23.4 Å². The molecular weight excluding hydrogens is 474 g/mol. The number of nitrogens with one attached hydrogen (secondary N) is 1. The third kappa shape index (κ3) is 4.36. The van der Waals surface area contributed by atoms with Gasteiger partial charge in [0.15, 0.2) is 16.8 Å². The molecule has 174 valence electrons. The maximum absolute atomic E-state index is 13.1. The molecule has 0 spiro atoms. The van der Waals surface area contributed by atoms with Gasteiger partial charge in [0.25, 0.3) is 0 Å². The lowest BCUT2D eigenvalue weighted by Crippen LogP contribution is -2.08. The van der Waals surface area contributed by atoms with Crippen LogP contribution in [0.2, 0.25) is 5.02 Å². The number of ketones is 1. The summed E-state index contributed by atoms with van der Waals surface area (Å²) < 4.78 is 6.73. The van der Waals surface area contributed by atoms with Gasteiger partial charge < -0.3 is 9.72 Å². The Morgan fingerprint density at radius 3 is 2.53 bits per heavy atom. The molecule has 34 heavy (non-hydrogen) atoms. The third-order valence-electron chi connectivity index (χ3n) is 5.49. The van der Waals surface area contributed by atoms with Crippen LogP contribution in [0.25, 0.3) is 17.1 Å². The van der Waals surface area contributed by atoms with E-state index in [9.17, 15) is 9.59 Å². The van der Waals surface area contributed by atoms with E-state index in [4.69, 9.17) is 16.3 Å². The quantitative estimate of drug-likeness (QED) is 0.218. The van der Waals surface area contributed by atoms with Gasteiger partial charge in [-0.25, -0.2) is 4.79 Å². The number of H-pyrrole nitrogens is 1. The van der Waals surface area contributed by atoms with Crippen molar-refractivity contribution < 1.29 is 14.3 Å². The van der Waals surface area contributed by atoms with Crippen LogP contribution in [0.4, 0.5) is 0 Å². The number of esters is 1. The van der Waals surface area contributed by atoms with Crippen LogP contribution in [0.3, 0.4) is 0 Å². The number of aryl methyl sites for hydroxylation is 1. The van der Waals surface area contributed by atoms with Crippen LogP contribution in [-0.4, -0.2) is 49.3 Å². The second-order valence-electron chi connectivity index (χ2n) is 7.59. The van der Waals surface area contributed by atoms with Gasteiger partial charge in [-0.2, -0.15) is 0 Å². The number of thioether (sulfide) groups is 1. The summed E-state index contributed by atoms with van der Waals surface area (Å²) in [6.45, 7) is 5.39. The molecule has 0 aliphatic heterocycles. The van der Waals surface area contributed by atoms with Gasteiger partial charge in [-0.3, -0.25) is 14.3 Å². The molecule has 0 unspecified atom stereocenters. The maximum Gasteiger partial charge on any atom is 0.339 e. The van der Waals surface area contributed by atoms with Crippen molar-refractivity contribution in [2.24, 2.45) is 0 Å². The number of Topliss-reactive ketones (excluding diaryl/α,β-unsaturated/α-hetero) is 1. The minimum atomic E-state index is -0.476. The number of pyridine rings is 1. The number of aromatic nitrogens is 5. The first kappa shape index (κ1) is 23.7. The Balaban J connectivity index is 1.70. The van der Waals surface area contributed by atoms with Crippen LogP contribution < -0.4 is 0 Å². The number of aromatic amines is 1. The Morgan fingerprint density at radius 2 is 1.82 bits per heavy atom. The van der Waals surface area contributed by atoms with E-state index in [2.05, 4.69) is 20.2 Å². The molecule has 4 rings (SSSR count). The molecule has 0 radical (unpaired) electrons. The van der Waals surface area contributed by atoms with E-state index in [0.717, 1.165) is 16.8 Å². The number of rotatable bonds is 7. The molecule has 0 atom stereocenters. The second-order valence-corrected chi connectivity index (χ2v) is 8.94. The lowest BCUT2D eigenvalue weighted by molar-refractivity contribution is 0.0599. The SMILES string of the molecule is COC(=O)c1c(C)[nH]c(C(=O)CSc2nnc(-c3ccncc3)n2-c2cccc(Cl)c2C)c1C. The van der Waals surface area contributed by atoms with Crippen molar-refractivity contribution in [3.63, 3.8) is 0 Å². The van der Waals surface area contributed by atoms with Gasteiger partial charge >= 0.3 is 5.97 Å². The largest absolute Gasteiger partial charge is 0.465 e. The Labute approximate surface area is 205 Å². The summed E-state index contributed by atoms with van der Waals surface area (Å²) in [6.07, 6.45) is 3.37. The van der Waals surface area contributed by atoms with Crippen molar-refractivity contribution in [2.45, 2.75) is 25.9 Å². The van der Waals surface area contributed by atoms with Gasteiger partial charge in [0.1, 0.15) is 0 Å². The molecule has 10 heteroatoms. The lowest BCUT2D eigenvalue weighted by atomic mass is 10.1. The highest BCUT2D eigenvalue weighted by Gasteiger charge is 2.24. The molecule has 1 N–H and O–H groups in total. The van der Waals surface area contributed by atoms with E-state index in [1.165, 1.54) is 18.9 Å². The van der Waals surface area contributed by atoms with Crippen molar-refractivity contribution in [1.29, 1.82) is 0 Å². The summed E-state index contributed by atoms with van der Waals surface area (Å²) in [6, 6.07) is 9.31. The van der Waals surface area contributed by atoms with Gasteiger partial charge in [-0.05, 0) is 56.2 Å². The van der Waals surface area contributed by atoms with Gasteiger partial charge in [-0.1, -0.05) is 29.4 Å². The van der Waals surface area contributed by atoms with Crippen molar-refractivity contribution in [1.82, 2.24) is 24.7 Å². The molecule has 0 amide bonds. The van der Waals surface area contributed by atoms with E-state index in [0.29, 0.717) is 38.5 Å². The first-order valence-electron chi connectivity index (χ1n) is 10.4. The number of carbonyl (C=O) groups is 2. The molecule has 0 aliphatic rings. The minimum absolute atomic E-state index is 0.0928. The Hall–Kier alpha value is -3.43. The molecule has 8 nitrogen and oxygen atoms in total. The number of hydrogen-bond donors (Lipinski definition) is 1. The van der Waals surface area contributed by atoms with Crippen molar-refractivity contribution in [2.75, 3.05) is 12.9 Å². The summed E-state index contributed by atoms with van der Waals surface area (Å²) in [5, 5.41) is 9.92. The number of halogens is 1. The van der Waals surface area contributed by atoms with Crippen LogP contribution in [-0.2, 0) is 4.74 Å². The maximum atomic E-state index is 13.1. The predicted molar refractivity (Wildman–Crippen MR) is 131 cm³/mol. The predicted octanol–water partition coefficient (Wildman–Crippen LogP) is 5.00. The molecule has 3 aromatic heterocycles. The van der Waals surface area contributed by atoms with Crippen molar-refractivity contribution in [3.8, 4) is 17.1 Å². The fraction of sp³-hybridized carbons (Fsp3) is 0.208. The number of benzene rings is 1. The monoisotopic (exact) mass is 495 g/mol. The van der Waals surface area contributed by atoms with E-state index in [-0.39, 0.29) is 11.5 Å². The standard InChI is InChI=1S/C24H22ClN5O3S/c1-13-17(25)6-5-7-18(13)30-22(16-8-10-26-11-9-16)28-29-24(30)34-12-19(31)21-14(2)20(15(3)27-21)23(32)33-4/h5-11,27H,12H2,1-4H3. The molecule has 0 aliphatic carbocycles. The van der Waals surface area contributed by atoms with Crippen molar-refractivity contribution >= 4 is 35.1 Å². The van der Waals surface area contributed by atoms with Gasteiger partial charge in [-0.15, -0.1) is 10.2 Å². The van der Waals surface area contributed by atoms with E-state index in [1.807, 2.05) is 41.8 Å². The second kappa shape index (κ2) is 9.82. The summed E-state index contributed by atoms with van der Waals surface area (Å²) in [7, 11) is 1.32. The molecule has 0 fully saturated rings. The van der Waals surface area contributed by atoms with E-state index >= 15 is 0 Å². The third-order valence-corrected chi connectivity index (χ3v) is 6.83. The van der Waals surface area contributed by atoms with Gasteiger partial charge in [0.2, 0.25) is 0 Å². The van der Waals surface area contributed by atoms with Crippen molar-refractivity contribution in [3.05, 3.63) is 75.8 Å². The fourth-order valence-corrected chi connectivity index (χ4v) is 4.73. The number of nitrogens with zero attached hydrogens (tertiary/aromatic N) is 4. The van der Waals surface area contributed by atoms with Crippen LogP contribution in [0.15, 0.2) is 47.9 Å². The summed E-state index contributed by atoms with van der Waals surface area (Å²) >= 11 is 7.65. The molecule has 0 bridgehead atoms. The first-order chi connectivity index (χ1) is 16.3. The Kier molecular flexibility index (Phi) is 6.85. The average Bonchev–Trinajstić information content (AvgIpc) is 3.39. The molecule has 4 aromatic rings. The number of carbonyl (C=O) groups excluding carboxylic acids is 2. The van der Waals surface area contributed by atoms with Crippen LogP contribution in [0, 0.1) is 20.8 Å². The number of methoxy groups -OCH3 is 1. The molecule has 3 heterocycles. The summed E-state index contributed by atoms with van der Waals surface area (Å²) in [5.41, 5.74) is 4.44. The summed E-state index contributed by atoms with van der Waals surface area (Å²) in [5.74, 6) is 0.0671. The Morgan fingerprint density at radius 1 is 1.09 bits per heavy atom. The molecular formula is C24H22ClN5O3S. The number of ether oxygens (including phenoxy) is 1. The Bertz CT molecular complexity index is 1380. The van der Waals surface area contributed by atoms with E-state index in [1.54, 1.807) is 26.2 Å². The number of hydrogen-bond acceptors (Lipinski definition) is 7. The van der Waals surface area contributed by atoms with Gasteiger partial charge in [0.05, 0.1) is 29.8 Å². The zero-order chi connectivity index (χ0) is 24.4. The smallest absolute Gasteiger partial charge is 0.339 e. The lowest BCUT2D eigenvalue weighted by Gasteiger charge is -2.13. The fourth-order valence-electron chi connectivity index (χ4n) is 3.75. The summed E-state index contributed by atoms with van der Waals surface area (Å²) in [4.78, 5) is 32.2. The zero-order valence-electron chi connectivity index (χ0n) is 19.0. The van der Waals surface area contributed by atoms with Crippen LogP contribution in [0.1, 0.15) is 37.7 Å². The highest BCUT2D eigenvalue weighted by Crippen LogP contribution is 2.32. The van der Waals surface area contributed by atoms with Crippen LogP contribution in [0.5, 0.6) is 0 Å².